The fourth-order valence-electron chi connectivity index (χ4n) is 5.70. The second-order valence-electron chi connectivity index (χ2n) is 10.1. The van der Waals surface area contributed by atoms with Crippen molar-refractivity contribution in [2.45, 2.75) is 18.7 Å². The molecule has 1 aliphatic heterocycles. The van der Waals surface area contributed by atoms with E-state index in [0.29, 0.717) is 0 Å². The molecular formula is C29H30F2N6O. The summed E-state index contributed by atoms with van der Waals surface area (Å²) in [6.45, 7) is 5.15. The average Bonchev–Trinajstić information content (AvgIpc) is 3.54. The molecule has 1 fully saturated rings. The molecule has 0 radical (unpaired) electrons. The lowest BCUT2D eigenvalue weighted by Gasteiger charge is -2.39. The normalized spacial score (nSPS) is 16.8. The van der Waals surface area contributed by atoms with Crippen molar-refractivity contribution in [3.8, 4) is 0 Å². The van der Waals surface area contributed by atoms with Gasteiger partial charge >= 0.3 is 0 Å². The predicted octanol–water partition coefficient (Wildman–Crippen LogP) is 3.87. The highest BCUT2D eigenvalue weighted by atomic mass is 19.1. The molecule has 1 N–H and O–H groups in total. The van der Waals surface area contributed by atoms with Crippen LogP contribution in [0.3, 0.4) is 0 Å². The first-order valence-electron chi connectivity index (χ1n) is 12.9. The van der Waals surface area contributed by atoms with E-state index in [1.807, 2.05) is 0 Å². The summed E-state index contributed by atoms with van der Waals surface area (Å²) in [5, 5.41) is 18.3. The Bertz CT molecular complexity index is 1490. The van der Waals surface area contributed by atoms with E-state index >= 15 is 0 Å². The number of rotatable bonds is 8. The molecule has 3 heterocycles. The van der Waals surface area contributed by atoms with E-state index in [-0.39, 0.29) is 18.7 Å². The molecule has 7 nitrogen and oxygen atoms in total. The highest BCUT2D eigenvalue weighted by Gasteiger charge is 2.36. The zero-order valence-electron chi connectivity index (χ0n) is 21.0. The molecule has 9 heteroatoms. The first-order valence-corrected chi connectivity index (χ1v) is 12.9. The van der Waals surface area contributed by atoms with Gasteiger partial charge in [-0.2, -0.15) is 5.10 Å². The van der Waals surface area contributed by atoms with Crippen LogP contribution < -0.4 is 0 Å². The Hall–Kier alpha value is -3.66. The third-order valence-corrected chi connectivity index (χ3v) is 7.59. The highest BCUT2D eigenvalue weighted by molar-refractivity contribution is 6.07. The molecule has 0 aliphatic carbocycles. The van der Waals surface area contributed by atoms with Gasteiger partial charge in [-0.15, -0.1) is 0 Å². The zero-order valence-corrected chi connectivity index (χ0v) is 21.0. The van der Waals surface area contributed by atoms with Crippen LogP contribution in [0.15, 0.2) is 79.4 Å². The van der Waals surface area contributed by atoms with Crippen molar-refractivity contribution in [3.63, 3.8) is 0 Å². The lowest BCUT2D eigenvalue weighted by Crippen LogP contribution is -2.52. The monoisotopic (exact) mass is 516 g/mol. The zero-order chi connectivity index (χ0) is 26.1. The minimum absolute atomic E-state index is 0.0174. The molecule has 3 aromatic carbocycles. The summed E-state index contributed by atoms with van der Waals surface area (Å²) in [6, 6.07) is 20.4. The second kappa shape index (κ2) is 10.2. The molecule has 0 bridgehead atoms. The van der Waals surface area contributed by atoms with Crippen LogP contribution in [0.2, 0.25) is 0 Å². The number of hydrogen-bond donors (Lipinski definition) is 1. The van der Waals surface area contributed by atoms with Crippen LogP contribution in [-0.4, -0.2) is 73.5 Å². The number of hydrogen-bond acceptors (Lipinski definition) is 5. The van der Waals surface area contributed by atoms with Crippen molar-refractivity contribution >= 4 is 21.8 Å². The third-order valence-electron chi connectivity index (χ3n) is 7.59. The molecule has 2 aromatic heterocycles. The number of aliphatic hydroxyl groups is 1. The molecule has 38 heavy (non-hydrogen) atoms. The first-order chi connectivity index (χ1) is 18.5. The lowest BCUT2D eigenvalue weighted by atomic mass is 9.92. The van der Waals surface area contributed by atoms with Crippen LogP contribution >= 0.6 is 0 Å². The van der Waals surface area contributed by atoms with Crippen molar-refractivity contribution in [2.75, 3.05) is 39.3 Å². The van der Waals surface area contributed by atoms with Gasteiger partial charge in [-0.3, -0.25) is 9.80 Å². The van der Waals surface area contributed by atoms with Crippen LogP contribution in [0.25, 0.3) is 21.8 Å². The average molecular weight is 517 g/mol. The molecular weight excluding hydrogens is 486 g/mol. The molecule has 1 saturated heterocycles. The fraction of sp³-hybridized carbons (Fsp3) is 0.310. The lowest BCUT2D eigenvalue weighted by molar-refractivity contribution is -0.0319. The number of aromatic nitrogens is 4. The van der Waals surface area contributed by atoms with E-state index in [1.165, 1.54) is 51.3 Å². The fourth-order valence-corrected chi connectivity index (χ4v) is 5.70. The maximum Gasteiger partial charge on any atom is 0.137 e. The number of para-hydroxylation sites is 2. The number of nitrogens with zero attached hydrogens (tertiary/aromatic N) is 6. The second-order valence-corrected chi connectivity index (χ2v) is 10.1. The SMILES string of the molecule is OC(CN1CCN(CCn2c3ccccc3c3ccccc32)CC1)(Cn1cncn1)c1ccc(F)cc1F. The number of benzene rings is 3. The van der Waals surface area contributed by atoms with Gasteiger partial charge in [0.25, 0.3) is 0 Å². The van der Waals surface area contributed by atoms with E-state index < -0.39 is 17.2 Å². The summed E-state index contributed by atoms with van der Waals surface area (Å²) in [5.41, 5.74) is 0.957. The van der Waals surface area contributed by atoms with Gasteiger partial charge in [-0.05, 0) is 18.2 Å². The molecule has 1 aliphatic rings. The summed E-state index contributed by atoms with van der Waals surface area (Å²) in [5.74, 6) is -1.44. The van der Waals surface area contributed by atoms with Gasteiger partial charge in [-0.1, -0.05) is 42.5 Å². The Kier molecular flexibility index (Phi) is 6.65. The van der Waals surface area contributed by atoms with Gasteiger partial charge in [0.2, 0.25) is 0 Å². The minimum atomic E-state index is -1.59. The Morgan fingerprint density at radius 1 is 0.789 bits per heavy atom. The van der Waals surface area contributed by atoms with Crippen molar-refractivity contribution in [2.24, 2.45) is 0 Å². The van der Waals surface area contributed by atoms with Crippen LogP contribution in [0.5, 0.6) is 0 Å². The highest BCUT2D eigenvalue weighted by Crippen LogP contribution is 2.30. The molecule has 5 aromatic rings. The van der Waals surface area contributed by atoms with Crippen LogP contribution in [-0.2, 0) is 18.7 Å². The largest absolute Gasteiger partial charge is 0.382 e. The van der Waals surface area contributed by atoms with E-state index in [9.17, 15) is 13.9 Å². The first kappa shape index (κ1) is 24.7. The van der Waals surface area contributed by atoms with Crippen LogP contribution in [0.1, 0.15) is 5.56 Å². The summed E-state index contributed by atoms with van der Waals surface area (Å²) in [4.78, 5) is 8.50. The Balaban J connectivity index is 1.14. The summed E-state index contributed by atoms with van der Waals surface area (Å²) < 4.78 is 32.2. The number of β-amino-alcohol motifs (C(OH)–C–C–N with tert-alkyl or cyclic N) is 1. The maximum absolute atomic E-state index is 14.8. The maximum atomic E-state index is 14.8. The number of piperazine rings is 1. The van der Waals surface area contributed by atoms with Gasteiger partial charge < -0.3 is 9.67 Å². The Morgan fingerprint density at radius 3 is 2.08 bits per heavy atom. The standard InChI is InChI=1S/C29H30F2N6O/c30-22-9-10-25(26(31)17-22)29(38,19-36-21-32-20-33-36)18-35-13-11-34(12-14-35)15-16-37-27-7-3-1-5-23(27)24-6-2-4-8-28(24)37/h1-10,17,20-21,38H,11-16,18-19H2. The molecule has 1 unspecified atom stereocenters. The van der Waals surface area contributed by atoms with E-state index in [1.54, 1.807) is 0 Å². The number of fused-ring (bicyclic) bond motifs is 3. The van der Waals surface area contributed by atoms with E-state index in [4.69, 9.17) is 0 Å². The predicted molar refractivity (Wildman–Crippen MR) is 143 cm³/mol. The Morgan fingerprint density at radius 2 is 1.45 bits per heavy atom. The molecule has 196 valence electrons. The van der Waals surface area contributed by atoms with E-state index in [2.05, 4.69) is 73.0 Å². The molecule has 1 atom stereocenters. The quantitative estimate of drug-likeness (QED) is 0.339. The third kappa shape index (κ3) is 4.80. The topological polar surface area (TPSA) is 62.4 Å². The molecule has 0 saturated carbocycles. The summed E-state index contributed by atoms with van der Waals surface area (Å²) in [7, 11) is 0. The van der Waals surface area contributed by atoms with Gasteiger partial charge in [0.1, 0.15) is 29.9 Å². The molecule has 6 rings (SSSR count). The van der Waals surface area contributed by atoms with Crippen LogP contribution in [0.4, 0.5) is 8.78 Å². The minimum Gasteiger partial charge on any atom is -0.382 e. The number of halogens is 2. The summed E-state index contributed by atoms with van der Waals surface area (Å²) >= 11 is 0. The van der Waals surface area contributed by atoms with Gasteiger partial charge in [-0.25, -0.2) is 18.4 Å². The van der Waals surface area contributed by atoms with E-state index in [0.717, 1.165) is 45.3 Å². The van der Waals surface area contributed by atoms with Crippen molar-refractivity contribution < 1.29 is 13.9 Å². The van der Waals surface area contributed by atoms with Crippen LogP contribution in [0, 0.1) is 11.6 Å². The van der Waals surface area contributed by atoms with Gasteiger partial charge in [0.05, 0.1) is 6.54 Å². The van der Waals surface area contributed by atoms with Crippen molar-refractivity contribution in [1.82, 2.24) is 29.1 Å². The van der Waals surface area contributed by atoms with Crippen molar-refractivity contribution in [1.29, 1.82) is 0 Å². The molecule has 0 amide bonds. The van der Waals surface area contributed by atoms with Gasteiger partial charge in [0.15, 0.2) is 0 Å². The smallest absolute Gasteiger partial charge is 0.137 e. The van der Waals surface area contributed by atoms with Crippen molar-refractivity contribution in [3.05, 3.63) is 96.6 Å². The summed E-state index contributed by atoms with van der Waals surface area (Å²) in [6.07, 6.45) is 2.86. The Labute approximate surface area is 219 Å². The molecule has 0 spiro atoms. The van der Waals surface area contributed by atoms with Gasteiger partial charge in [0, 0.05) is 79.2 Å².